The monoisotopic (exact) mass is 271 g/mol. The van der Waals surface area contributed by atoms with Crippen LogP contribution >= 0.6 is 0 Å². The summed E-state index contributed by atoms with van der Waals surface area (Å²) in [4.78, 5) is 17.6. The Bertz CT molecular complexity index is 746. The number of fused-ring (bicyclic) bond motifs is 1. The molecular weight excluding hydrogens is 258 g/mol. The van der Waals surface area contributed by atoms with Gasteiger partial charge in [0.1, 0.15) is 11.4 Å². The predicted molar refractivity (Wildman–Crippen MR) is 73.0 cm³/mol. The Morgan fingerprint density at radius 1 is 1.40 bits per heavy atom. The van der Waals surface area contributed by atoms with E-state index in [1.807, 2.05) is 12.1 Å². The fraction of sp³-hybridized carbons (Fsp3) is 0.143. The van der Waals surface area contributed by atoms with Crippen LogP contribution in [0.1, 0.15) is 16.2 Å². The van der Waals surface area contributed by atoms with Gasteiger partial charge < -0.3 is 14.4 Å². The summed E-state index contributed by atoms with van der Waals surface area (Å²) >= 11 is 0. The second kappa shape index (κ2) is 4.73. The quantitative estimate of drug-likeness (QED) is 0.788. The van der Waals surface area contributed by atoms with Gasteiger partial charge in [-0.3, -0.25) is 4.40 Å². The highest BCUT2D eigenvalue weighted by Gasteiger charge is 2.21. The lowest BCUT2D eigenvalue weighted by molar-refractivity contribution is 0.0690. The number of carboxylic acid groups (broad SMARTS) is 1. The third-order valence-electron chi connectivity index (χ3n) is 3.05. The maximum absolute atomic E-state index is 11.5. The van der Waals surface area contributed by atoms with E-state index >= 15 is 0 Å². The molecule has 3 aromatic rings. The summed E-state index contributed by atoms with van der Waals surface area (Å²) in [6.07, 6.45) is 3.28. The highest BCUT2D eigenvalue weighted by Crippen LogP contribution is 2.22. The Balaban J connectivity index is 2.06. The van der Waals surface area contributed by atoms with Crippen molar-refractivity contribution in [3.63, 3.8) is 0 Å². The van der Waals surface area contributed by atoms with Gasteiger partial charge in [-0.1, -0.05) is 6.07 Å². The number of carboxylic acids is 1. The number of furan rings is 1. The number of nitrogens with zero attached hydrogens (tertiary/aromatic N) is 3. The maximum Gasteiger partial charge on any atom is 0.356 e. The first kappa shape index (κ1) is 12.3. The van der Waals surface area contributed by atoms with Crippen molar-refractivity contribution in [3.8, 4) is 0 Å². The van der Waals surface area contributed by atoms with Gasteiger partial charge in [0.15, 0.2) is 11.5 Å². The summed E-state index contributed by atoms with van der Waals surface area (Å²) in [5, 5.41) is 9.42. The van der Waals surface area contributed by atoms with Crippen molar-refractivity contribution in [2.75, 3.05) is 11.9 Å². The lowest BCUT2D eigenvalue weighted by Gasteiger charge is -2.15. The Hall–Kier alpha value is -2.76. The number of carbonyl (C=O) groups is 1. The highest BCUT2D eigenvalue weighted by atomic mass is 16.4. The van der Waals surface area contributed by atoms with Crippen LogP contribution < -0.4 is 4.90 Å². The summed E-state index contributed by atoms with van der Waals surface area (Å²) in [5.74, 6) is 0.158. The number of imidazole rings is 1. The summed E-state index contributed by atoms with van der Waals surface area (Å²) < 4.78 is 6.84. The van der Waals surface area contributed by atoms with E-state index in [4.69, 9.17) is 4.42 Å². The minimum atomic E-state index is -1.01. The summed E-state index contributed by atoms with van der Waals surface area (Å²) in [5.41, 5.74) is 0.751. The number of rotatable bonds is 4. The molecule has 0 aliphatic carbocycles. The van der Waals surface area contributed by atoms with Gasteiger partial charge in [0, 0.05) is 13.2 Å². The molecule has 3 aromatic heterocycles. The molecule has 0 aliphatic heterocycles. The summed E-state index contributed by atoms with van der Waals surface area (Å²) in [6, 6.07) is 9.01. The lowest BCUT2D eigenvalue weighted by atomic mass is 10.3. The van der Waals surface area contributed by atoms with E-state index in [1.165, 1.54) is 0 Å². The highest BCUT2D eigenvalue weighted by molar-refractivity contribution is 5.93. The van der Waals surface area contributed by atoms with E-state index in [0.717, 1.165) is 5.76 Å². The van der Waals surface area contributed by atoms with Gasteiger partial charge in [-0.25, -0.2) is 9.78 Å². The maximum atomic E-state index is 11.5. The molecule has 6 nitrogen and oxygen atoms in total. The van der Waals surface area contributed by atoms with Crippen LogP contribution in [0.15, 0.2) is 47.2 Å². The topological polar surface area (TPSA) is 71.0 Å². The fourth-order valence-electron chi connectivity index (χ4n) is 2.16. The lowest BCUT2D eigenvalue weighted by Crippen LogP contribution is -2.19. The predicted octanol–water partition coefficient (Wildman–Crippen LogP) is 2.26. The molecule has 0 amide bonds. The summed E-state index contributed by atoms with van der Waals surface area (Å²) in [6.45, 7) is 0.456. The Morgan fingerprint density at radius 2 is 2.25 bits per heavy atom. The zero-order chi connectivity index (χ0) is 14.1. The summed E-state index contributed by atoms with van der Waals surface area (Å²) in [7, 11) is 1.79. The van der Waals surface area contributed by atoms with Crippen LogP contribution in [0.3, 0.4) is 0 Å². The number of hydrogen-bond acceptors (Lipinski definition) is 4. The van der Waals surface area contributed by atoms with Crippen molar-refractivity contribution in [3.05, 3.63) is 54.2 Å². The van der Waals surface area contributed by atoms with Gasteiger partial charge in [0.05, 0.1) is 12.8 Å². The second-order valence-electron chi connectivity index (χ2n) is 4.45. The van der Waals surface area contributed by atoms with Crippen LogP contribution in [0.25, 0.3) is 5.65 Å². The van der Waals surface area contributed by atoms with E-state index in [2.05, 4.69) is 4.98 Å². The number of pyridine rings is 1. The molecule has 1 N–H and O–H groups in total. The third-order valence-corrected chi connectivity index (χ3v) is 3.05. The van der Waals surface area contributed by atoms with Crippen molar-refractivity contribution in [1.29, 1.82) is 0 Å². The van der Waals surface area contributed by atoms with Crippen LogP contribution in [-0.2, 0) is 6.54 Å². The van der Waals surface area contributed by atoms with Gasteiger partial charge in [-0.2, -0.15) is 0 Å². The zero-order valence-electron chi connectivity index (χ0n) is 10.9. The average molecular weight is 271 g/mol. The van der Waals surface area contributed by atoms with E-state index in [0.29, 0.717) is 18.0 Å². The van der Waals surface area contributed by atoms with E-state index in [-0.39, 0.29) is 5.69 Å². The van der Waals surface area contributed by atoms with Gasteiger partial charge in [-0.15, -0.1) is 0 Å². The molecule has 0 aromatic carbocycles. The first-order valence-corrected chi connectivity index (χ1v) is 6.10. The van der Waals surface area contributed by atoms with E-state index < -0.39 is 5.97 Å². The van der Waals surface area contributed by atoms with E-state index in [9.17, 15) is 9.90 Å². The van der Waals surface area contributed by atoms with Crippen LogP contribution in [0.5, 0.6) is 0 Å². The molecule has 0 atom stereocenters. The number of aromatic nitrogens is 2. The molecular formula is C14H13N3O3. The van der Waals surface area contributed by atoms with Crippen molar-refractivity contribution >= 4 is 17.4 Å². The number of aromatic carboxylic acids is 1. The van der Waals surface area contributed by atoms with Crippen molar-refractivity contribution in [2.24, 2.45) is 0 Å². The van der Waals surface area contributed by atoms with Crippen molar-refractivity contribution in [1.82, 2.24) is 9.38 Å². The molecule has 6 heteroatoms. The first-order chi connectivity index (χ1) is 9.66. The third kappa shape index (κ3) is 2.01. The molecule has 0 aliphatic rings. The molecule has 0 unspecified atom stereocenters. The van der Waals surface area contributed by atoms with E-state index in [1.54, 1.807) is 47.0 Å². The molecule has 102 valence electrons. The van der Waals surface area contributed by atoms with Crippen LogP contribution in [0.2, 0.25) is 0 Å². The first-order valence-electron chi connectivity index (χ1n) is 6.10. The molecule has 0 bridgehead atoms. The van der Waals surface area contributed by atoms with Gasteiger partial charge in [0.25, 0.3) is 0 Å². The SMILES string of the molecule is CN(Cc1ccco1)c1nc2ccccn2c1C(=O)O. The van der Waals surface area contributed by atoms with Crippen LogP contribution in [0.4, 0.5) is 5.82 Å². The Kier molecular flexibility index (Phi) is 2.90. The molecule has 20 heavy (non-hydrogen) atoms. The van der Waals surface area contributed by atoms with Crippen LogP contribution in [-0.4, -0.2) is 27.5 Å². The Labute approximate surface area is 114 Å². The van der Waals surface area contributed by atoms with Crippen LogP contribution in [0, 0.1) is 0 Å². The zero-order valence-corrected chi connectivity index (χ0v) is 10.9. The normalized spacial score (nSPS) is 10.8. The molecule has 0 radical (unpaired) electrons. The van der Waals surface area contributed by atoms with Gasteiger partial charge in [0.2, 0.25) is 0 Å². The second-order valence-corrected chi connectivity index (χ2v) is 4.45. The number of anilines is 1. The standard InChI is InChI=1S/C14H13N3O3/c1-16(9-10-5-4-8-20-10)13-12(14(18)19)17-7-3-2-6-11(17)15-13/h2-8H,9H2,1H3,(H,18,19). The largest absolute Gasteiger partial charge is 0.476 e. The minimum Gasteiger partial charge on any atom is -0.476 e. The molecule has 3 rings (SSSR count). The van der Waals surface area contributed by atoms with Crippen molar-refractivity contribution < 1.29 is 14.3 Å². The number of hydrogen-bond donors (Lipinski definition) is 1. The minimum absolute atomic E-state index is 0.148. The molecule has 0 spiro atoms. The van der Waals surface area contributed by atoms with Gasteiger partial charge in [-0.05, 0) is 24.3 Å². The molecule has 0 fully saturated rings. The smallest absolute Gasteiger partial charge is 0.356 e. The van der Waals surface area contributed by atoms with Gasteiger partial charge >= 0.3 is 5.97 Å². The average Bonchev–Trinajstić information content (AvgIpc) is 3.04. The Morgan fingerprint density at radius 3 is 2.95 bits per heavy atom. The molecule has 3 heterocycles. The molecule has 0 saturated heterocycles. The van der Waals surface area contributed by atoms with Crippen molar-refractivity contribution in [2.45, 2.75) is 6.54 Å². The molecule has 0 saturated carbocycles. The fourth-order valence-corrected chi connectivity index (χ4v) is 2.16.